The van der Waals surface area contributed by atoms with Crippen molar-refractivity contribution in [1.29, 1.82) is 0 Å². The average Bonchev–Trinajstić information content (AvgIpc) is 3.33. The molecule has 0 bridgehead atoms. The van der Waals surface area contributed by atoms with Crippen molar-refractivity contribution in [2.45, 2.75) is 36.2 Å². The Balaban J connectivity index is 1.54. The molecule has 1 saturated heterocycles. The van der Waals surface area contributed by atoms with Crippen LogP contribution >= 0.6 is 0 Å². The summed E-state index contributed by atoms with van der Waals surface area (Å²) >= 11 is 0. The Kier molecular flexibility index (Phi) is 3.56. The average molecular weight is 315 g/mol. The molecular weight excluding hydrogens is 294 g/mol. The third-order valence-corrected chi connectivity index (χ3v) is 6.71. The van der Waals surface area contributed by atoms with Crippen LogP contribution in [-0.4, -0.2) is 32.3 Å². The van der Waals surface area contributed by atoms with Crippen molar-refractivity contribution in [2.75, 3.05) is 13.1 Å². The van der Waals surface area contributed by atoms with Crippen LogP contribution < -0.4 is 0 Å². The SMILES string of the molecule is O=S(c1cccc2ccccc12)N1CCC(C2(O)CC2)CC1. The summed E-state index contributed by atoms with van der Waals surface area (Å²) in [6, 6.07) is 14.1. The molecule has 4 rings (SSSR count). The van der Waals surface area contributed by atoms with Gasteiger partial charge in [0.2, 0.25) is 0 Å². The minimum absolute atomic E-state index is 0.396. The fourth-order valence-electron chi connectivity index (χ4n) is 3.58. The Hall–Kier alpha value is -1.23. The van der Waals surface area contributed by atoms with Gasteiger partial charge in [-0.1, -0.05) is 36.4 Å². The third kappa shape index (κ3) is 2.49. The molecule has 0 aromatic heterocycles. The molecule has 4 heteroatoms. The summed E-state index contributed by atoms with van der Waals surface area (Å²) in [5.41, 5.74) is -0.396. The first-order valence-corrected chi connectivity index (χ1v) is 9.15. The van der Waals surface area contributed by atoms with E-state index >= 15 is 0 Å². The largest absolute Gasteiger partial charge is 0.390 e. The Bertz CT molecular complexity index is 713. The molecule has 1 unspecified atom stereocenters. The van der Waals surface area contributed by atoms with Gasteiger partial charge >= 0.3 is 0 Å². The number of rotatable bonds is 3. The van der Waals surface area contributed by atoms with Crippen molar-refractivity contribution < 1.29 is 9.32 Å². The van der Waals surface area contributed by atoms with Crippen LogP contribution in [0.15, 0.2) is 47.4 Å². The van der Waals surface area contributed by atoms with E-state index in [1.807, 2.05) is 30.3 Å². The van der Waals surface area contributed by atoms with E-state index in [1.54, 1.807) is 0 Å². The minimum Gasteiger partial charge on any atom is -0.390 e. The number of benzene rings is 2. The van der Waals surface area contributed by atoms with Gasteiger partial charge in [-0.25, -0.2) is 8.51 Å². The zero-order chi connectivity index (χ0) is 15.2. The van der Waals surface area contributed by atoms with Crippen molar-refractivity contribution in [3.8, 4) is 0 Å². The summed E-state index contributed by atoms with van der Waals surface area (Å²) in [4.78, 5) is 0.904. The highest BCUT2D eigenvalue weighted by molar-refractivity contribution is 7.83. The van der Waals surface area contributed by atoms with E-state index in [4.69, 9.17) is 0 Å². The molecular formula is C18H21NO2S. The third-order valence-electron chi connectivity index (χ3n) is 5.15. The van der Waals surface area contributed by atoms with E-state index in [0.29, 0.717) is 5.92 Å². The first kappa shape index (κ1) is 14.4. The topological polar surface area (TPSA) is 40.5 Å². The predicted octanol–water partition coefficient (Wildman–Crippen LogP) is 3.10. The maximum Gasteiger partial charge on any atom is 0.128 e. The lowest BCUT2D eigenvalue weighted by atomic mass is 9.90. The molecule has 1 heterocycles. The van der Waals surface area contributed by atoms with Gasteiger partial charge in [0.1, 0.15) is 11.0 Å². The number of hydrogen-bond acceptors (Lipinski definition) is 2. The van der Waals surface area contributed by atoms with E-state index in [9.17, 15) is 9.32 Å². The van der Waals surface area contributed by atoms with Gasteiger partial charge in [-0.3, -0.25) is 0 Å². The molecule has 116 valence electrons. The zero-order valence-corrected chi connectivity index (χ0v) is 13.4. The smallest absolute Gasteiger partial charge is 0.128 e. The maximum absolute atomic E-state index is 13.0. The van der Waals surface area contributed by atoms with Gasteiger partial charge in [-0.15, -0.1) is 0 Å². The van der Waals surface area contributed by atoms with Gasteiger partial charge in [0.15, 0.2) is 0 Å². The van der Waals surface area contributed by atoms with E-state index in [-0.39, 0.29) is 0 Å². The van der Waals surface area contributed by atoms with E-state index < -0.39 is 16.6 Å². The number of fused-ring (bicyclic) bond motifs is 1. The van der Waals surface area contributed by atoms with Crippen molar-refractivity contribution >= 4 is 21.8 Å². The van der Waals surface area contributed by atoms with Gasteiger partial charge in [-0.2, -0.15) is 0 Å². The van der Waals surface area contributed by atoms with Crippen molar-refractivity contribution in [1.82, 2.24) is 4.31 Å². The molecule has 1 aliphatic heterocycles. The first-order valence-electron chi connectivity index (χ1n) is 8.04. The lowest BCUT2D eigenvalue weighted by molar-refractivity contribution is 0.0542. The van der Waals surface area contributed by atoms with E-state index in [2.05, 4.69) is 16.4 Å². The molecule has 0 radical (unpaired) electrons. The summed E-state index contributed by atoms with van der Waals surface area (Å²) in [6.07, 6.45) is 3.80. The van der Waals surface area contributed by atoms with E-state index in [0.717, 1.165) is 54.4 Å². The van der Waals surface area contributed by atoms with Gasteiger partial charge < -0.3 is 5.11 Å². The Morgan fingerprint density at radius 3 is 2.45 bits per heavy atom. The normalized spacial score (nSPS) is 23.5. The van der Waals surface area contributed by atoms with Gasteiger partial charge in [0.05, 0.1) is 10.5 Å². The van der Waals surface area contributed by atoms with Crippen LogP contribution in [0.25, 0.3) is 10.8 Å². The molecule has 1 saturated carbocycles. The molecule has 2 aliphatic rings. The van der Waals surface area contributed by atoms with Crippen LogP contribution in [0.2, 0.25) is 0 Å². The summed E-state index contributed by atoms with van der Waals surface area (Å²) in [5, 5.41) is 12.5. The fraction of sp³-hybridized carbons (Fsp3) is 0.444. The molecule has 1 N–H and O–H groups in total. The lowest BCUT2D eigenvalue weighted by Crippen LogP contribution is -2.39. The van der Waals surface area contributed by atoms with Crippen molar-refractivity contribution in [3.63, 3.8) is 0 Å². The number of aliphatic hydroxyl groups is 1. The number of nitrogens with zero attached hydrogens (tertiary/aromatic N) is 1. The minimum atomic E-state index is -1.11. The standard InChI is InChI=1S/C18H21NO2S/c20-18(10-11-18)15-8-12-19(13-9-15)22(21)17-7-3-5-14-4-1-2-6-16(14)17/h1-7,15,20H,8-13H2. The second-order valence-corrected chi connectivity index (χ2v) is 7.99. The summed E-state index contributed by atoms with van der Waals surface area (Å²) < 4.78 is 15.0. The Morgan fingerprint density at radius 2 is 1.73 bits per heavy atom. The van der Waals surface area contributed by atoms with Crippen molar-refractivity contribution in [3.05, 3.63) is 42.5 Å². The van der Waals surface area contributed by atoms with Crippen molar-refractivity contribution in [2.24, 2.45) is 5.92 Å². The quantitative estimate of drug-likeness (QED) is 0.945. The summed E-state index contributed by atoms with van der Waals surface area (Å²) in [7, 11) is -1.11. The molecule has 2 fully saturated rings. The Morgan fingerprint density at radius 1 is 1.05 bits per heavy atom. The second-order valence-electron chi connectivity index (χ2n) is 6.53. The van der Waals surface area contributed by atoms with Gasteiger partial charge in [0, 0.05) is 13.1 Å². The maximum atomic E-state index is 13.0. The van der Waals surface area contributed by atoms with Crippen LogP contribution in [0.3, 0.4) is 0 Å². The van der Waals surface area contributed by atoms with Crippen LogP contribution in [-0.2, 0) is 11.0 Å². The highest BCUT2D eigenvalue weighted by Crippen LogP contribution is 2.46. The van der Waals surface area contributed by atoms with Crippen LogP contribution in [0, 0.1) is 5.92 Å². The van der Waals surface area contributed by atoms with E-state index in [1.165, 1.54) is 0 Å². The highest BCUT2D eigenvalue weighted by Gasteiger charge is 2.48. The molecule has 22 heavy (non-hydrogen) atoms. The molecule has 2 aromatic carbocycles. The predicted molar refractivity (Wildman–Crippen MR) is 88.8 cm³/mol. The zero-order valence-electron chi connectivity index (χ0n) is 12.6. The summed E-state index contributed by atoms with van der Waals surface area (Å²) in [6.45, 7) is 1.62. The lowest BCUT2D eigenvalue weighted by Gasteiger charge is -2.33. The summed E-state index contributed by atoms with van der Waals surface area (Å²) in [5.74, 6) is 0.397. The van der Waals surface area contributed by atoms with Gasteiger partial charge in [-0.05, 0) is 48.4 Å². The monoisotopic (exact) mass is 315 g/mol. The molecule has 1 aliphatic carbocycles. The van der Waals surface area contributed by atoms with Crippen LogP contribution in [0.1, 0.15) is 25.7 Å². The molecule has 1 atom stereocenters. The molecule has 0 spiro atoms. The highest BCUT2D eigenvalue weighted by atomic mass is 32.2. The Labute approximate surface area is 133 Å². The fourth-order valence-corrected chi connectivity index (χ4v) is 4.97. The van der Waals surface area contributed by atoms with Crippen LogP contribution in [0.4, 0.5) is 0 Å². The first-order chi connectivity index (χ1) is 10.7. The second kappa shape index (κ2) is 5.44. The number of piperidine rings is 1. The number of hydrogen-bond donors (Lipinski definition) is 1. The molecule has 0 amide bonds. The van der Waals surface area contributed by atoms with Gasteiger partial charge in [0.25, 0.3) is 0 Å². The molecule has 3 nitrogen and oxygen atoms in total. The molecule has 2 aromatic rings. The van der Waals surface area contributed by atoms with Crippen LogP contribution in [0.5, 0.6) is 0 Å².